The SMILES string of the molecule is CC(C)(C)[Si](CN)(c1ccccc1)c1ccccc1. The summed E-state index contributed by atoms with van der Waals surface area (Å²) in [5, 5.41) is 3.04. The lowest BCUT2D eigenvalue weighted by Gasteiger charge is -2.43. The Labute approximate surface area is 117 Å². The van der Waals surface area contributed by atoms with Crippen molar-refractivity contribution in [2.45, 2.75) is 25.8 Å². The lowest BCUT2D eigenvalue weighted by atomic mass is 10.2. The van der Waals surface area contributed by atoms with Crippen LogP contribution in [0.25, 0.3) is 0 Å². The van der Waals surface area contributed by atoms with Gasteiger partial charge < -0.3 is 5.73 Å². The maximum atomic E-state index is 6.32. The van der Waals surface area contributed by atoms with Crippen LogP contribution in [0.4, 0.5) is 0 Å². The highest BCUT2D eigenvalue weighted by Gasteiger charge is 2.46. The molecule has 2 N–H and O–H groups in total. The van der Waals surface area contributed by atoms with Crippen molar-refractivity contribution in [3.63, 3.8) is 0 Å². The molecule has 0 aliphatic heterocycles. The maximum absolute atomic E-state index is 6.32. The van der Waals surface area contributed by atoms with E-state index >= 15 is 0 Å². The molecule has 0 aromatic heterocycles. The Hall–Kier alpha value is -1.38. The smallest absolute Gasteiger partial charge is 0.136 e. The average molecular weight is 269 g/mol. The summed E-state index contributed by atoms with van der Waals surface area (Å²) in [4.78, 5) is 0. The van der Waals surface area contributed by atoms with Crippen molar-refractivity contribution in [1.82, 2.24) is 0 Å². The summed E-state index contributed by atoms with van der Waals surface area (Å²) in [6.07, 6.45) is 0.741. The van der Waals surface area contributed by atoms with Crippen molar-refractivity contribution in [2.24, 2.45) is 5.73 Å². The third-order valence-electron chi connectivity index (χ3n) is 4.12. The van der Waals surface area contributed by atoms with E-state index < -0.39 is 8.07 Å². The van der Waals surface area contributed by atoms with Gasteiger partial charge in [0.05, 0.1) is 0 Å². The molecule has 0 atom stereocenters. The fourth-order valence-electron chi connectivity index (χ4n) is 3.02. The van der Waals surface area contributed by atoms with E-state index in [1.54, 1.807) is 0 Å². The summed E-state index contributed by atoms with van der Waals surface area (Å²) >= 11 is 0. The molecule has 2 aromatic rings. The molecule has 0 aliphatic rings. The minimum absolute atomic E-state index is 0.185. The summed E-state index contributed by atoms with van der Waals surface area (Å²) in [6.45, 7) is 6.98. The molecule has 0 aliphatic carbocycles. The van der Waals surface area contributed by atoms with Crippen LogP contribution in [0.1, 0.15) is 20.8 Å². The molecule has 2 aromatic carbocycles. The normalized spacial score (nSPS) is 12.4. The van der Waals surface area contributed by atoms with E-state index in [0.717, 1.165) is 6.17 Å². The molecule has 0 saturated carbocycles. The van der Waals surface area contributed by atoms with Crippen LogP contribution in [0.5, 0.6) is 0 Å². The van der Waals surface area contributed by atoms with Gasteiger partial charge in [0, 0.05) is 0 Å². The first kappa shape index (κ1) is 14.0. The summed E-state index contributed by atoms with van der Waals surface area (Å²) in [5.74, 6) is 0. The Morgan fingerprint density at radius 1 is 0.789 bits per heavy atom. The molecule has 0 heterocycles. The van der Waals surface area contributed by atoms with E-state index in [4.69, 9.17) is 5.73 Å². The van der Waals surface area contributed by atoms with Crippen molar-refractivity contribution in [2.75, 3.05) is 6.17 Å². The molecule has 0 spiro atoms. The van der Waals surface area contributed by atoms with Crippen molar-refractivity contribution in [3.05, 3.63) is 60.7 Å². The van der Waals surface area contributed by atoms with E-state index in [1.807, 2.05) is 0 Å². The fourth-order valence-corrected chi connectivity index (χ4v) is 7.69. The molecule has 2 heteroatoms. The molecule has 0 saturated heterocycles. The zero-order valence-corrected chi connectivity index (χ0v) is 13.1. The molecular formula is C17H23NSi. The number of benzene rings is 2. The minimum Gasteiger partial charge on any atom is -0.332 e. The summed E-state index contributed by atoms with van der Waals surface area (Å²) in [6, 6.07) is 21.6. The number of nitrogens with two attached hydrogens (primary N) is 1. The van der Waals surface area contributed by atoms with Gasteiger partial charge in [0.2, 0.25) is 0 Å². The van der Waals surface area contributed by atoms with Gasteiger partial charge in [0.1, 0.15) is 8.07 Å². The van der Waals surface area contributed by atoms with E-state index in [-0.39, 0.29) is 5.04 Å². The third kappa shape index (κ3) is 2.38. The molecule has 19 heavy (non-hydrogen) atoms. The number of hydrogen-bond donors (Lipinski definition) is 1. The number of rotatable bonds is 3. The van der Waals surface area contributed by atoms with Crippen LogP contribution in [-0.2, 0) is 0 Å². The monoisotopic (exact) mass is 269 g/mol. The Bertz CT molecular complexity index is 474. The van der Waals surface area contributed by atoms with E-state index in [1.165, 1.54) is 10.4 Å². The first-order valence-corrected chi connectivity index (χ1v) is 9.04. The first-order chi connectivity index (χ1) is 9.02. The van der Waals surface area contributed by atoms with Gasteiger partial charge in [0.25, 0.3) is 0 Å². The van der Waals surface area contributed by atoms with Crippen LogP contribution in [0.2, 0.25) is 5.04 Å². The molecule has 0 fully saturated rings. The van der Waals surface area contributed by atoms with Gasteiger partial charge in [-0.2, -0.15) is 0 Å². The molecule has 0 unspecified atom stereocenters. The predicted octanol–water partition coefficient (Wildman–Crippen LogP) is 2.55. The maximum Gasteiger partial charge on any atom is 0.136 e. The van der Waals surface area contributed by atoms with Crippen LogP contribution in [0.3, 0.4) is 0 Å². The largest absolute Gasteiger partial charge is 0.332 e. The van der Waals surface area contributed by atoms with Gasteiger partial charge in [-0.25, -0.2) is 0 Å². The van der Waals surface area contributed by atoms with Crippen LogP contribution < -0.4 is 16.1 Å². The second kappa shape index (κ2) is 5.31. The summed E-state index contributed by atoms with van der Waals surface area (Å²) in [7, 11) is -1.95. The van der Waals surface area contributed by atoms with Crippen LogP contribution in [0, 0.1) is 0 Å². The van der Waals surface area contributed by atoms with E-state index in [2.05, 4.69) is 81.4 Å². The van der Waals surface area contributed by atoms with Gasteiger partial charge in [-0.3, -0.25) is 0 Å². The summed E-state index contributed by atoms with van der Waals surface area (Å²) < 4.78 is 0. The Kier molecular flexibility index (Phi) is 3.93. The van der Waals surface area contributed by atoms with Crippen molar-refractivity contribution in [1.29, 1.82) is 0 Å². The fraction of sp³-hybridized carbons (Fsp3) is 0.294. The van der Waals surface area contributed by atoms with E-state index in [0.29, 0.717) is 0 Å². The van der Waals surface area contributed by atoms with Crippen molar-refractivity contribution in [3.8, 4) is 0 Å². The van der Waals surface area contributed by atoms with Gasteiger partial charge in [-0.05, 0) is 11.2 Å². The molecule has 100 valence electrons. The molecule has 0 bridgehead atoms. The van der Waals surface area contributed by atoms with Crippen molar-refractivity contribution >= 4 is 18.4 Å². The van der Waals surface area contributed by atoms with Crippen LogP contribution >= 0.6 is 0 Å². The zero-order valence-electron chi connectivity index (χ0n) is 12.1. The van der Waals surface area contributed by atoms with Crippen LogP contribution in [-0.4, -0.2) is 14.2 Å². The molecular weight excluding hydrogens is 246 g/mol. The highest BCUT2D eigenvalue weighted by atomic mass is 28.3. The average Bonchev–Trinajstić information content (AvgIpc) is 2.41. The quantitative estimate of drug-likeness (QED) is 0.852. The molecule has 1 nitrogen and oxygen atoms in total. The summed E-state index contributed by atoms with van der Waals surface area (Å²) in [5.41, 5.74) is 6.32. The van der Waals surface area contributed by atoms with Crippen LogP contribution in [0.15, 0.2) is 60.7 Å². The highest BCUT2D eigenvalue weighted by molar-refractivity contribution is 7.04. The second-order valence-electron chi connectivity index (χ2n) is 6.09. The number of hydrogen-bond acceptors (Lipinski definition) is 1. The minimum atomic E-state index is -1.95. The lowest BCUT2D eigenvalue weighted by molar-refractivity contribution is 0.727. The molecule has 0 radical (unpaired) electrons. The highest BCUT2D eigenvalue weighted by Crippen LogP contribution is 2.34. The standard InChI is InChI=1S/C17H23NSi/c1-17(2,3)19(14-18,15-10-6-4-7-11-15)16-12-8-5-9-13-16/h4-13H,14,18H2,1-3H3. The molecule has 0 amide bonds. The van der Waals surface area contributed by atoms with Crippen molar-refractivity contribution < 1.29 is 0 Å². The van der Waals surface area contributed by atoms with E-state index in [9.17, 15) is 0 Å². The Morgan fingerprint density at radius 2 is 1.16 bits per heavy atom. The first-order valence-electron chi connectivity index (χ1n) is 6.83. The second-order valence-corrected chi connectivity index (χ2v) is 11.0. The molecule has 2 rings (SSSR count). The Balaban J connectivity index is 2.70. The lowest BCUT2D eigenvalue weighted by Crippen LogP contribution is -2.69. The van der Waals surface area contributed by atoms with Gasteiger partial charge >= 0.3 is 0 Å². The Morgan fingerprint density at radius 3 is 1.42 bits per heavy atom. The van der Waals surface area contributed by atoms with Gasteiger partial charge in [-0.15, -0.1) is 0 Å². The van der Waals surface area contributed by atoms with Gasteiger partial charge in [0.15, 0.2) is 0 Å². The zero-order chi connectivity index (χ0) is 13.9. The van der Waals surface area contributed by atoms with Gasteiger partial charge in [-0.1, -0.05) is 91.8 Å². The third-order valence-corrected chi connectivity index (χ3v) is 9.93. The predicted molar refractivity (Wildman–Crippen MR) is 86.7 cm³/mol. The topological polar surface area (TPSA) is 26.0 Å².